The summed E-state index contributed by atoms with van der Waals surface area (Å²) in [6, 6.07) is 4.80. The molecule has 0 bridgehead atoms. The number of thioether (sulfide) groups is 1. The first kappa shape index (κ1) is 11.8. The van der Waals surface area contributed by atoms with Gasteiger partial charge in [-0.05, 0) is 18.6 Å². The predicted molar refractivity (Wildman–Crippen MR) is 66.8 cm³/mol. The lowest BCUT2D eigenvalue weighted by Gasteiger charge is -1.99. The minimum atomic E-state index is -0.336. The van der Waals surface area contributed by atoms with Crippen molar-refractivity contribution in [3.05, 3.63) is 35.1 Å². The molecular weight excluding hydrogens is 241 g/mol. The highest BCUT2D eigenvalue weighted by molar-refractivity contribution is 8.15. The molecule has 1 aliphatic heterocycles. The molecule has 6 heteroatoms. The molecule has 1 N–H and O–H groups in total. The molecule has 1 aromatic rings. The van der Waals surface area contributed by atoms with Crippen molar-refractivity contribution in [2.75, 3.05) is 5.75 Å². The van der Waals surface area contributed by atoms with Crippen LogP contribution in [-0.4, -0.2) is 23.0 Å². The van der Waals surface area contributed by atoms with E-state index in [-0.39, 0.29) is 11.7 Å². The SMILES string of the molecule is Cc1cccc(F)c1C=NN=C1NC(=O)CS1. The van der Waals surface area contributed by atoms with E-state index in [9.17, 15) is 9.18 Å². The summed E-state index contributed by atoms with van der Waals surface area (Å²) in [5, 5.41) is 10.5. The first-order chi connectivity index (χ1) is 8.16. The summed E-state index contributed by atoms with van der Waals surface area (Å²) < 4.78 is 13.4. The van der Waals surface area contributed by atoms with E-state index in [2.05, 4.69) is 15.5 Å². The highest BCUT2D eigenvalue weighted by atomic mass is 32.2. The summed E-state index contributed by atoms with van der Waals surface area (Å²) in [6.45, 7) is 1.80. The standard InChI is InChI=1S/C11H10FN3OS/c1-7-3-2-4-9(12)8(7)5-13-15-11-14-10(16)6-17-11/h2-5H,6H2,1H3,(H,14,15,16). The molecule has 88 valence electrons. The molecule has 0 saturated carbocycles. The smallest absolute Gasteiger partial charge is 0.236 e. The Morgan fingerprint density at radius 3 is 3.00 bits per heavy atom. The molecule has 1 heterocycles. The summed E-state index contributed by atoms with van der Waals surface area (Å²) in [7, 11) is 0. The van der Waals surface area contributed by atoms with Gasteiger partial charge in [-0.25, -0.2) is 4.39 Å². The van der Waals surface area contributed by atoms with Crippen molar-refractivity contribution < 1.29 is 9.18 Å². The Morgan fingerprint density at radius 2 is 2.35 bits per heavy atom. The number of amides is 1. The second-order valence-corrected chi connectivity index (χ2v) is 4.42. The average Bonchev–Trinajstić information content (AvgIpc) is 2.69. The normalized spacial score (nSPS) is 18.0. The molecule has 1 fully saturated rings. The lowest BCUT2D eigenvalue weighted by Crippen LogP contribution is -2.19. The van der Waals surface area contributed by atoms with Crippen LogP contribution in [-0.2, 0) is 4.79 Å². The average molecular weight is 251 g/mol. The molecule has 0 aliphatic carbocycles. The van der Waals surface area contributed by atoms with Crippen LogP contribution in [0.25, 0.3) is 0 Å². The van der Waals surface area contributed by atoms with Gasteiger partial charge in [0.15, 0.2) is 5.17 Å². The number of carbonyl (C=O) groups excluding carboxylic acids is 1. The number of nitrogens with zero attached hydrogens (tertiary/aromatic N) is 2. The fourth-order valence-electron chi connectivity index (χ4n) is 1.33. The number of nitrogens with one attached hydrogen (secondary N) is 1. The van der Waals surface area contributed by atoms with Crippen molar-refractivity contribution in [3.63, 3.8) is 0 Å². The third-order valence-electron chi connectivity index (χ3n) is 2.19. The van der Waals surface area contributed by atoms with Gasteiger partial charge < -0.3 is 5.32 Å². The number of aryl methyl sites for hydroxylation is 1. The number of benzene rings is 1. The minimum Gasteiger partial charge on any atom is -0.303 e. The first-order valence-corrected chi connectivity index (χ1v) is 5.94. The fraction of sp³-hybridized carbons (Fsp3) is 0.182. The number of carbonyl (C=O) groups is 1. The van der Waals surface area contributed by atoms with Crippen molar-refractivity contribution in [2.24, 2.45) is 10.2 Å². The molecule has 0 atom stereocenters. The monoisotopic (exact) mass is 251 g/mol. The Balaban J connectivity index is 2.13. The van der Waals surface area contributed by atoms with E-state index in [1.165, 1.54) is 24.0 Å². The van der Waals surface area contributed by atoms with Crippen LogP contribution in [0.1, 0.15) is 11.1 Å². The number of amidine groups is 1. The van der Waals surface area contributed by atoms with Gasteiger partial charge in [0.05, 0.1) is 12.0 Å². The quantitative estimate of drug-likeness (QED) is 0.642. The fourth-order valence-corrected chi connectivity index (χ4v) is 1.96. The topological polar surface area (TPSA) is 53.8 Å². The summed E-state index contributed by atoms with van der Waals surface area (Å²) in [4.78, 5) is 10.9. The van der Waals surface area contributed by atoms with Crippen molar-refractivity contribution in [2.45, 2.75) is 6.92 Å². The van der Waals surface area contributed by atoms with E-state index >= 15 is 0 Å². The van der Waals surface area contributed by atoms with Gasteiger partial charge in [-0.2, -0.15) is 5.10 Å². The summed E-state index contributed by atoms with van der Waals surface area (Å²) in [5.41, 5.74) is 1.20. The molecule has 1 aromatic carbocycles. The van der Waals surface area contributed by atoms with Gasteiger partial charge in [-0.15, -0.1) is 5.10 Å². The second-order valence-electron chi connectivity index (χ2n) is 3.46. The highest BCUT2D eigenvalue weighted by Gasteiger charge is 2.15. The zero-order valence-electron chi connectivity index (χ0n) is 9.11. The summed E-state index contributed by atoms with van der Waals surface area (Å²) in [5.74, 6) is -0.0735. The number of hydrogen-bond donors (Lipinski definition) is 1. The van der Waals surface area contributed by atoms with Gasteiger partial charge in [0.25, 0.3) is 0 Å². The van der Waals surface area contributed by atoms with Crippen molar-refractivity contribution >= 4 is 29.1 Å². The zero-order valence-corrected chi connectivity index (χ0v) is 9.92. The van der Waals surface area contributed by atoms with Crippen LogP contribution in [0.15, 0.2) is 28.4 Å². The van der Waals surface area contributed by atoms with E-state index in [1.807, 2.05) is 0 Å². The van der Waals surface area contributed by atoms with Crippen LogP contribution < -0.4 is 5.32 Å². The molecule has 1 amide bonds. The van der Waals surface area contributed by atoms with Gasteiger partial charge in [0.1, 0.15) is 5.82 Å². The van der Waals surface area contributed by atoms with Crippen LogP contribution in [0.4, 0.5) is 4.39 Å². The maximum atomic E-state index is 13.4. The minimum absolute atomic E-state index is 0.0916. The predicted octanol–water partition coefficient (Wildman–Crippen LogP) is 1.69. The molecule has 1 saturated heterocycles. The van der Waals surface area contributed by atoms with E-state index in [1.54, 1.807) is 19.1 Å². The van der Waals surface area contributed by atoms with Crippen LogP contribution in [0, 0.1) is 12.7 Å². The molecule has 1 aliphatic rings. The molecule has 0 radical (unpaired) electrons. The van der Waals surface area contributed by atoms with E-state index in [0.29, 0.717) is 16.5 Å². The zero-order chi connectivity index (χ0) is 12.3. The molecule has 4 nitrogen and oxygen atoms in total. The molecule has 2 rings (SSSR count). The van der Waals surface area contributed by atoms with Gasteiger partial charge in [0, 0.05) is 5.56 Å². The van der Waals surface area contributed by atoms with Gasteiger partial charge >= 0.3 is 0 Å². The lowest BCUT2D eigenvalue weighted by molar-refractivity contribution is -0.116. The molecular formula is C11H10FN3OS. The second kappa shape index (κ2) is 5.09. The van der Waals surface area contributed by atoms with E-state index in [4.69, 9.17) is 0 Å². The molecule has 0 unspecified atom stereocenters. The lowest BCUT2D eigenvalue weighted by atomic mass is 10.1. The van der Waals surface area contributed by atoms with Gasteiger partial charge in [0.2, 0.25) is 5.91 Å². The van der Waals surface area contributed by atoms with Gasteiger partial charge in [-0.1, -0.05) is 23.9 Å². The summed E-state index contributed by atoms with van der Waals surface area (Å²) in [6.07, 6.45) is 1.35. The van der Waals surface area contributed by atoms with E-state index in [0.717, 1.165) is 5.56 Å². The van der Waals surface area contributed by atoms with Crippen LogP contribution in [0.2, 0.25) is 0 Å². The van der Waals surface area contributed by atoms with Crippen molar-refractivity contribution in [1.82, 2.24) is 5.32 Å². The number of hydrogen-bond acceptors (Lipinski definition) is 4. The maximum Gasteiger partial charge on any atom is 0.236 e. The van der Waals surface area contributed by atoms with Crippen molar-refractivity contribution in [3.8, 4) is 0 Å². The highest BCUT2D eigenvalue weighted by Crippen LogP contribution is 2.11. The van der Waals surface area contributed by atoms with Crippen LogP contribution in [0.3, 0.4) is 0 Å². The first-order valence-electron chi connectivity index (χ1n) is 4.95. The summed E-state index contributed by atoms with van der Waals surface area (Å²) >= 11 is 1.28. The third-order valence-corrected chi connectivity index (χ3v) is 3.06. The van der Waals surface area contributed by atoms with E-state index < -0.39 is 0 Å². The van der Waals surface area contributed by atoms with Crippen molar-refractivity contribution in [1.29, 1.82) is 0 Å². The Hall–Kier alpha value is -1.69. The molecule has 0 spiro atoms. The number of rotatable bonds is 2. The van der Waals surface area contributed by atoms with Crippen LogP contribution >= 0.6 is 11.8 Å². The molecule has 0 aromatic heterocycles. The maximum absolute atomic E-state index is 13.4. The Bertz CT molecular complexity index is 493. The largest absolute Gasteiger partial charge is 0.303 e. The third kappa shape index (κ3) is 2.91. The molecule has 17 heavy (non-hydrogen) atoms. The van der Waals surface area contributed by atoms with Gasteiger partial charge in [-0.3, -0.25) is 4.79 Å². The Labute approximate surface area is 102 Å². The Morgan fingerprint density at radius 1 is 1.53 bits per heavy atom. The number of halogens is 1. The Kier molecular flexibility index (Phi) is 3.53. The van der Waals surface area contributed by atoms with Crippen LogP contribution in [0.5, 0.6) is 0 Å².